The Balaban J connectivity index is 2.90. The van der Waals surface area contributed by atoms with Crippen molar-refractivity contribution in [3.63, 3.8) is 0 Å². The lowest BCUT2D eigenvalue weighted by molar-refractivity contribution is 0.323. The fourth-order valence-corrected chi connectivity index (χ4v) is 1.94. The van der Waals surface area contributed by atoms with Crippen molar-refractivity contribution in [2.24, 2.45) is 0 Å². The third-order valence-corrected chi connectivity index (χ3v) is 3.10. The van der Waals surface area contributed by atoms with Gasteiger partial charge in [0.05, 0.1) is 12.2 Å². The van der Waals surface area contributed by atoms with Crippen LogP contribution in [-0.4, -0.2) is 35.0 Å². The minimum atomic E-state index is 0.630. The second-order valence-corrected chi connectivity index (χ2v) is 4.48. The average Bonchev–Trinajstić information content (AvgIpc) is 2.34. The molecule has 4 nitrogen and oxygen atoms in total. The maximum absolute atomic E-state index is 5.49. The summed E-state index contributed by atoms with van der Waals surface area (Å²) >= 11 is 3.45. The first kappa shape index (κ1) is 14.2. The summed E-state index contributed by atoms with van der Waals surface area (Å²) in [5.41, 5.74) is 1.02. The van der Waals surface area contributed by atoms with Crippen LogP contribution in [0.2, 0.25) is 0 Å². The number of rotatable bonds is 7. The lowest BCUT2D eigenvalue weighted by Gasteiger charge is -2.23. The van der Waals surface area contributed by atoms with Gasteiger partial charge < -0.3 is 9.64 Å². The van der Waals surface area contributed by atoms with Crippen LogP contribution < -0.4 is 9.64 Å². The molecule has 17 heavy (non-hydrogen) atoms. The highest BCUT2D eigenvalue weighted by molar-refractivity contribution is 9.09. The average molecular weight is 302 g/mol. The number of halogens is 1. The Labute approximate surface area is 112 Å². The predicted octanol–water partition coefficient (Wildman–Crippen LogP) is 2.80. The van der Waals surface area contributed by atoms with Crippen molar-refractivity contribution in [1.29, 1.82) is 0 Å². The fourth-order valence-electron chi connectivity index (χ4n) is 1.69. The summed E-state index contributed by atoms with van der Waals surface area (Å²) in [5.74, 6) is 1.67. The second-order valence-electron chi connectivity index (χ2n) is 3.68. The van der Waals surface area contributed by atoms with Gasteiger partial charge in [-0.05, 0) is 27.2 Å². The van der Waals surface area contributed by atoms with E-state index in [0.717, 1.165) is 36.2 Å². The van der Waals surface area contributed by atoms with Crippen LogP contribution in [0.4, 0.5) is 5.82 Å². The molecule has 0 aliphatic carbocycles. The van der Waals surface area contributed by atoms with Gasteiger partial charge in [0, 0.05) is 18.4 Å². The first-order chi connectivity index (χ1) is 8.24. The Bertz CT molecular complexity index is 347. The Hall–Kier alpha value is -0.840. The quantitative estimate of drug-likeness (QED) is 0.726. The number of ether oxygens (including phenoxy) is 1. The van der Waals surface area contributed by atoms with Gasteiger partial charge in [-0.25, -0.2) is 9.97 Å². The third kappa shape index (κ3) is 3.84. The zero-order chi connectivity index (χ0) is 12.7. The maximum atomic E-state index is 5.49. The summed E-state index contributed by atoms with van der Waals surface area (Å²) in [7, 11) is 0. The van der Waals surface area contributed by atoms with Crippen LogP contribution in [0.15, 0.2) is 6.33 Å². The minimum absolute atomic E-state index is 0.630. The van der Waals surface area contributed by atoms with E-state index in [9.17, 15) is 0 Å². The molecule has 1 heterocycles. The second kappa shape index (κ2) is 7.48. The Kier molecular flexibility index (Phi) is 6.26. The zero-order valence-electron chi connectivity index (χ0n) is 10.7. The third-order valence-electron chi connectivity index (χ3n) is 2.54. The van der Waals surface area contributed by atoms with E-state index in [1.54, 1.807) is 6.33 Å². The van der Waals surface area contributed by atoms with Crippen LogP contribution in [0.1, 0.15) is 25.8 Å². The zero-order valence-corrected chi connectivity index (χ0v) is 12.3. The molecule has 0 aliphatic rings. The molecule has 0 radical (unpaired) electrons. The number of hydrogen-bond donors (Lipinski definition) is 0. The molecule has 0 unspecified atom stereocenters. The highest BCUT2D eigenvalue weighted by atomic mass is 79.9. The summed E-state index contributed by atoms with van der Waals surface area (Å²) in [6.45, 7) is 8.67. The van der Waals surface area contributed by atoms with Crippen molar-refractivity contribution in [2.45, 2.75) is 27.2 Å². The number of aromatic nitrogens is 2. The fraction of sp³-hybridized carbons (Fsp3) is 0.667. The molecular weight excluding hydrogens is 282 g/mol. The SMILES string of the molecule is CCOc1ncnc(N(CC)CCCBr)c1C. The lowest BCUT2D eigenvalue weighted by Crippen LogP contribution is -2.26. The van der Waals surface area contributed by atoms with Crippen molar-refractivity contribution < 1.29 is 4.74 Å². The minimum Gasteiger partial charge on any atom is -0.478 e. The predicted molar refractivity (Wildman–Crippen MR) is 74.2 cm³/mol. The monoisotopic (exact) mass is 301 g/mol. The normalized spacial score (nSPS) is 10.4. The molecule has 0 saturated carbocycles. The van der Waals surface area contributed by atoms with Gasteiger partial charge in [0.25, 0.3) is 0 Å². The van der Waals surface area contributed by atoms with E-state index in [1.807, 2.05) is 13.8 Å². The molecular formula is C12H20BrN3O. The molecule has 0 aliphatic heterocycles. The molecule has 0 fully saturated rings. The van der Waals surface area contributed by atoms with E-state index in [0.29, 0.717) is 12.5 Å². The molecule has 0 bridgehead atoms. The molecule has 1 aromatic rings. The number of alkyl halides is 1. The van der Waals surface area contributed by atoms with Crippen LogP contribution >= 0.6 is 15.9 Å². The maximum Gasteiger partial charge on any atom is 0.221 e. The largest absolute Gasteiger partial charge is 0.478 e. The lowest BCUT2D eigenvalue weighted by atomic mass is 10.3. The van der Waals surface area contributed by atoms with Crippen molar-refractivity contribution >= 4 is 21.7 Å². The van der Waals surface area contributed by atoms with E-state index < -0.39 is 0 Å². The topological polar surface area (TPSA) is 38.3 Å². The van der Waals surface area contributed by atoms with Gasteiger partial charge in [0.15, 0.2) is 0 Å². The molecule has 96 valence electrons. The van der Waals surface area contributed by atoms with Gasteiger partial charge in [0.1, 0.15) is 12.1 Å². The van der Waals surface area contributed by atoms with E-state index in [4.69, 9.17) is 4.74 Å². The summed E-state index contributed by atoms with van der Waals surface area (Å²) < 4.78 is 5.49. The van der Waals surface area contributed by atoms with Crippen molar-refractivity contribution in [1.82, 2.24) is 9.97 Å². The van der Waals surface area contributed by atoms with Crippen LogP contribution in [0.5, 0.6) is 5.88 Å². The smallest absolute Gasteiger partial charge is 0.221 e. The molecule has 1 rings (SSSR count). The number of anilines is 1. The van der Waals surface area contributed by atoms with Gasteiger partial charge >= 0.3 is 0 Å². The molecule has 0 aromatic carbocycles. The number of hydrogen-bond acceptors (Lipinski definition) is 4. The van der Waals surface area contributed by atoms with Crippen LogP contribution in [0.3, 0.4) is 0 Å². The van der Waals surface area contributed by atoms with Crippen molar-refractivity contribution in [3.8, 4) is 5.88 Å². The van der Waals surface area contributed by atoms with Gasteiger partial charge in [-0.3, -0.25) is 0 Å². The van der Waals surface area contributed by atoms with E-state index in [-0.39, 0.29) is 0 Å². The summed E-state index contributed by atoms with van der Waals surface area (Å²) in [6.07, 6.45) is 2.67. The molecule has 0 N–H and O–H groups in total. The molecule has 0 atom stereocenters. The molecule has 5 heteroatoms. The van der Waals surface area contributed by atoms with Gasteiger partial charge in [0.2, 0.25) is 5.88 Å². The van der Waals surface area contributed by atoms with Crippen molar-refractivity contribution in [3.05, 3.63) is 11.9 Å². The Morgan fingerprint density at radius 3 is 2.71 bits per heavy atom. The Morgan fingerprint density at radius 1 is 1.35 bits per heavy atom. The van der Waals surface area contributed by atoms with E-state index in [2.05, 4.69) is 37.7 Å². The molecule has 1 aromatic heterocycles. The van der Waals surface area contributed by atoms with Gasteiger partial charge in [-0.2, -0.15) is 0 Å². The van der Waals surface area contributed by atoms with Crippen molar-refractivity contribution in [2.75, 3.05) is 29.9 Å². The van der Waals surface area contributed by atoms with Gasteiger partial charge in [-0.1, -0.05) is 15.9 Å². The first-order valence-electron chi connectivity index (χ1n) is 5.99. The van der Waals surface area contributed by atoms with Crippen LogP contribution in [0.25, 0.3) is 0 Å². The van der Waals surface area contributed by atoms with Crippen LogP contribution in [-0.2, 0) is 0 Å². The van der Waals surface area contributed by atoms with Gasteiger partial charge in [-0.15, -0.1) is 0 Å². The Morgan fingerprint density at radius 2 is 2.12 bits per heavy atom. The van der Waals surface area contributed by atoms with Crippen LogP contribution in [0, 0.1) is 6.92 Å². The highest BCUT2D eigenvalue weighted by Crippen LogP contribution is 2.23. The summed E-state index contributed by atoms with van der Waals surface area (Å²) in [6, 6.07) is 0. The molecule has 0 spiro atoms. The van der Waals surface area contributed by atoms with E-state index >= 15 is 0 Å². The molecule has 0 saturated heterocycles. The number of nitrogens with zero attached hydrogens (tertiary/aromatic N) is 3. The first-order valence-corrected chi connectivity index (χ1v) is 7.12. The standard InChI is InChI=1S/C12H20BrN3O/c1-4-16(8-6-7-13)11-10(3)12(17-5-2)15-9-14-11/h9H,4-8H2,1-3H3. The summed E-state index contributed by atoms with van der Waals surface area (Å²) in [4.78, 5) is 10.8. The summed E-state index contributed by atoms with van der Waals surface area (Å²) in [5, 5.41) is 1.01. The highest BCUT2D eigenvalue weighted by Gasteiger charge is 2.13. The van der Waals surface area contributed by atoms with E-state index in [1.165, 1.54) is 0 Å². The molecule has 0 amide bonds.